The molecule has 0 unspecified atom stereocenters. The molecule has 1 aromatic carbocycles. The highest BCUT2D eigenvalue weighted by molar-refractivity contribution is 5.85. The van der Waals surface area contributed by atoms with Gasteiger partial charge in [0.25, 0.3) is 0 Å². The van der Waals surface area contributed by atoms with Crippen LogP contribution in [0.3, 0.4) is 0 Å². The second kappa shape index (κ2) is 6.59. The molecule has 1 heterocycles. The average molecular weight is 258 g/mol. The van der Waals surface area contributed by atoms with E-state index in [4.69, 9.17) is 4.74 Å². The van der Waals surface area contributed by atoms with E-state index in [0.717, 1.165) is 5.56 Å². The zero-order chi connectivity index (χ0) is 11.4. The van der Waals surface area contributed by atoms with Crippen LogP contribution in [-0.4, -0.2) is 29.8 Å². The lowest BCUT2D eigenvalue weighted by molar-refractivity contribution is -0.147. The number of aliphatic hydroxyl groups is 1. The average Bonchev–Trinajstić information content (AvgIpc) is 2.74. The van der Waals surface area contributed by atoms with Crippen LogP contribution in [0.25, 0.3) is 0 Å². The standard InChI is InChI=1S/C12H15NO3.ClH/c14-10-6-11(13-7-10)12(15)16-8-9-4-2-1-3-5-9;/h1-5,10-11,13-14H,6-8H2;1H/t10-,11-;/m0./s1. The summed E-state index contributed by atoms with van der Waals surface area (Å²) in [7, 11) is 0. The lowest BCUT2D eigenvalue weighted by atomic mass is 10.2. The molecule has 1 fully saturated rings. The first-order valence-electron chi connectivity index (χ1n) is 5.38. The number of halogens is 1. The van der Waals surface area contributed by atoms with E-state index in [9.17, 15) is 9.90 Å². The van der Waals surface area contributed by atoms with Crippen LogP contribution in [0.5, 0.6) is 0 Å². The number of hydrogen-bond acceptors (Lipinski definition) is 4. The smallest absolute Gasteiger partial charge is 0.323 e. The summed E-state index contributed by atoms with van der Waals surface area (Å²) in [6.07, 6.45) is 0.00226. The van der Waals surface area contributed by atoms with Crippen molar-refractivity contribution >= 4 is 18.4 Å². The number of carbonyl (C=O) groups is 1. The largest absolute Gasteiger partial charge is 0.460 e. The predicted octanol–water partition coefficient (Wildman–Crippen LogP) is 0.874. The molecule has 0 aliphatic carbocycles. The number of nitrogens with one attached hydrogen (secondary N) is 1. The normalized spacial score (nSPS) is 22.9. The molecule has 0 aromatic heterocycles. The van der Waals surface area contributed by atoms with Crippen molar-refractivity contribution in [2.45, 2.75) is 25.2 Å². The van der Waals surface area contributed by atoms with Crippen LogP contribution in [-0.2, 0) is 16.1 Å². The van der Waals surface area contributed by atoms with Gasteiger partial charge in [0.1, 0.15) is 12.6 Å². The maximum absolute atomic E-state index is 11.6. The Morgan fingerprint density at radius 3 is 2.71 bits per heavy atom. The van der Waals surface area contributed by atoms with Crippen molar-refractivity contribution in [3.8, 4) is 0 Å². The van der Waals surface area contributed by atoms with Crippen LogP contribution in [0.1, 0.15) is 12.0 Å². The first-order valence-corrected chi connectivity index (χ1v) is 5.38. The highest BCUT2D eigenvalue weighted by Crippen LogP contribution is 2.09. The molecule has 0 spiro atoms. The molecule has 2 atom stereocenters. The number of β-amino-alcohol motifs (C(OH)–C–C–N with tert-alkyl or cyclic N) is 1. The van der Waals surface area contributed by atoms with Gasteiger partial charge in [-0.05, 0) is 5.56 Å². The molecule has 4 nitrogen and oxygen atoms in total. The van der Waals surface area contributed by atoms with Gasteiger partial charge in [-0.3, -0.25) is 4.79 Å². The maximum atomic E-state index is 11.6. The van der Waals surface area contributed by atoms with E-state index in [1.54, 1.807) is 0 Å². The number of aliphatic hydroxyl groups excluding tert-OH is 1. The summed E-state index contributed by atoms with van der Waals surface area (Å²) in [5, 5.41) is 12.2. The molecule has 1 aromatic rings. The summed E-state index contributed by atoms with van der Waals surface area (Å²) in [5.41, 5.74) is 0.967. The molecule has 0 bridgehead atoms. The van der Waals surface area contributed by atoms with E-state index in [2.05, 4.69) is 5.32 Å². The van der Waals surface area contributed by atoms with Crippen molar-refractivity contribution in [3.05, 3.63) is 35.9 Å². The third-order valence-electron chi connectivity index (χ3n) is 2.62. The van der Waals surface area contributed by atoms with Crippen molar-refractivity contribution in [2.24, 2.45) is 0 Å². The second-order valence-electron chi connectivity index (χ2n) is 3.94. The van der Waals surface area contributed by atoms with Crippen LogP contribution < -0.4 is 5.32 Å². The summed E-state index contributed by atoms with van der Waals surface area (Å²) in [5.74, 6) is -0.291. The minimum Gasteiger partial charge on any atom is -0.460 e. The van der Waals surface area contributed by atoms with E-state index in [-0.39, 0.29) is 31.0 Å². The Labute approximate surface area is 106 Å². The SMILES string of the molecule is Cl.O=C(OCc1ccccc1)[C@@H]1C[C@H](O)CN1. The van der Waals surface area contributed by atoms with E-state index in [0.29, 0.717) is 13.0 Å². The molecular weight excluding hydrogens is 242 g/mol. The van der Waals surface area contributed by atoms with Crippen molar-refractivity contribution in [3.63, 3.8) is 0 Å². The fourth-order valence-corrected chi connectivity index (χ4v) is 1.73. The molecule has 1 aliphatic rings. The summed E-state index contributed by atoms with van der Waals surface area (Å²) in [4.78, 5) is 11.6. The summed E-state index contributed by atoms with van der Waals surface area (Å²) >= 11 is 0. The Morgan fingerprint density at radius 1 is 1.41 bits per heavy atom. The lowest BCUT2D eigenvalue weighted by Crippen LogP contribution is -2.32. The molecule has 0 saturated carbocycles. The van der Waals surface area contributed by atoms with Gasteiger partial charge < -0.3 is 15.2 Å². The van der Waals surface area contributed by atoms with Crippen LogP contribution in [0.15, 0.2) is 30.3 Å². The fourth-order valence-electron chi connectivity index (χ4n) is 1.73. The number of rotatable bonds is 3. The van der Waals surface area contributed by atoms with Gasteiger partial charge in [-0.25, -0.2) is 0 Å². The topological polar surface area (TPSA) is 58.6 Å². The molecule has 94 valence electrons. The van der Waals surface area contributed by atoms with E-state index >= 15 is 0 Å². The van der Waals surface area contributed by atoms with E-state index in [1.807, 2.05) is 30.3 Å². The molecule has 1 saturated heterocycles. The molecule has 0 amide bonds. The van der Waals surface area contributed by atoms with Crippen molar-refractivity contribution in [1.29, 1.82) is 0 Å². The summed E-state index contributed by atoms with van der Waals surface area (Å²) < 4.78 is 5.15. The van der Waals surface area contributed by atoms with E-state index in [1.165, 1.54) is 0 Å². The summed E-state index contributed by atoms with van der Waals surface area (Å²) in [6.45, 7) is 0.749. The third kappa shape index (κ3) is 4.00. The van der Waals surface area contributed by atoms with Crippen molar-refractivity contribution in [2.75, 3.05) is 6.54 Å². The Bertz CT molecular complexity index is 358. The van der Waals surface area contributed by atoms with Crippen LogP contribution in [0, 0.1) is 0 Å². The maximum Gasteiger partial charge on any atom is 0.323 e. The van der Waals surface area contributed by atoms with Gasteiger partial charge in [0.15, 0.2) is 0 Å². The van der Waals surface area contributed by atoms with Gasteiger partial charge in [0, 0.05) is 13.0 Å². The van der Waals surface area contributed by atoms with Gasteiger partial charge in [-0.1, -0.05) is 30.3 Å². The highest BCUT2D eigenvalue weighted by Gasteiger charge is 2.29. The van der Waals surface area contributed by atoms with Crippen LogP contribution in [0.2, 0.25) is 0 Å². The molecule has 2 N–H and O–H groups in total. The van der Waals surface area contributed by atoms with Crippen LogP contribution >= 0.6 is 12.4 Å². The lowest BCUT2D eigenvalue weighted by Gasteiger charge is -2.10. The third-order valence-corrected chi connectivity index (χ3v) is 2.62. The Kier molecular flexibility index (Phi) is 5.41. The Balaban J connectivity index is 0.00000144. The summed E-state index contributed by atoms with van der Waals surface area (Å²) in [6, 6.07) is 9.18. The molecule has 17 heavy (non-hydrogen) atoms. The van der Waals surface area contributed by atoms with Crippen LogP contribution in [0.4, 0.5) is 0 Å². The molecule has 0 radical (unpaired) electrons. The van der Waals surface area contributed by atoms with Gasteiger partial charge >= 0.3 is 5.97 Å². The number of carbonyl (C=O) groups excluding carboxylic acids is 1. The Morgan fingerprint density at radius 2 is 2.12 bits per heavy atom. The van der Waals surface area contributed by atoms with Gasteiger partial charge in [0.2, 0.25) is 0 Å². The van der Waals surface area contributed by atoms with Gasteiger partial charge in [-0.2, -0.15) is 0 Å². The molecule has 5 heteroatoms. The second-order valence-corrected chi connectivity index (χ2v) is 3.94. The first-order chi connectivity index (χ1) is 7.75. The quantitative estimate of drug-likeness (QED) is 0.789. The van der Waals surface area contributed by atoms with Gasteiger partial charge in [0.05, 0.1) is 6.10 Å². The number of benzene rings is 1. The predicted molar refractivity (Wildman–Crippen MR) is 65.9 cm³/mol. The molecule has 1 aliphatic heterocycles. The zero-order valence-corrected chi connectivity index (χ0v) is 10.2. The molecule has 2 rings (SSSR count). The minimum atomic E-state index is -0.436. The zero-order valence-electron chi connectivity index (χ0n) is 9.33. The molecular formula is C12H16ClNO3. The fraction of sp³-hybridized carbons (Fsp3) is 0.417. The van der Waals surface area contributed by atoms with Crippen molar-refractivity contribution in [1.82, 2.24) is 5.32 Å². The number of esters is 1. The number of ether oxygens (including phenoxy) is 1. The Hall–Kier alpha value is -1.10. The minimum absolute atomic E-state index is 0. The monoisotopic (exact) mass is 257 g/mol. The van der Waals surface area contributed by atoms with Crippen molar-refractivity contribution < 1.29 is 14.6 Å². The number of hydrogen-bond donors (Lipinski definition) is 2. The van der Waals surface area contributed by atoms with E-state index < -0.39 is 6.10 Å². The highest BCUT2D eigenvalue weighted by atomic mass is 35.5. The van der Waals surface area contributed by atoms with Gasteiger partial charge in [-0.15, -0.1) is 12.4 Å². The first kappa shape index (κ1) is 14.0.